The van der Waals surface area contributed by atoms with Crippen LogP contribution in [-0.2, 0) is 16.5 Å². The second-order valence-electron chi connectivity index (χ2n) is 2.52. The Morgan fingerprint density at radius 2 is 1.40 bits per heavy atom. The zero-order valence-corrected chi connectivity index (χ0v) is 7.46. The molecule has 0 N–H and O–H groups in total. The first kappa shape index (κ1) is 9.71. The van der Waals surface area contributed by atoms with Crippen molar-refractivity contribution in [2.75, 3.05) is 0 Å². The van der Waals surface area contributed by atoms with E-state index in [-0.39, 0.29) is 16.5 Å². The monoisotopic (exact) mass is 177 g/mol. The average Bonchev–Trinajstić information content (AvgIpc) is 1.59. The molecule has 1 aromatic carbocycles. The van der Waals surface area contributed by atoms with Gasteiger partial charge in [0.15, 0.2) is 0 Å². The summed E-state index contributed by atoms with van der Waals surface area (Å²) in [6.07, 6.45) is 0. The van der Waals surface area contributed by atoms with Crippen molar-refractivity contribution in [3.8, 4) is 0 Å². The maximum Gasteiger partial charge on any atom is 0 e. The van der Waals surface area contributed by atoms with Crippen LogP contribution < -0.4 is 0 Å². The van der Waals surface area contributed by atoms with Gasteiger partial charge in [-0.15, -0.1) is 0 Å². The second-order valence-corrected chi connectivity index (χ2v) is 2.52. The third-order valence-electron chi connectivity index (χ3n) is 1.28. The molecule has 0 atom stereocenters. The fraction of sp³-hybridized carbons (Fsp3) is 0.333. The summed E-state index contributed by atoms with van der Waals surface area (Å²) in [6.45, 7) is 6.24. The zero-order valence-electron chi connectivity index (χ0n) is 6.47. The molecule has 0 fully saturated rings. The molecular formula is C9H11Ni-. The molecule has 0 radical (unpaired) electrons. The van der Waals surface area contributed by atoms with Crippen molar-refractivity contribution in [1.82, 2.24) is 0 Å². The Bertz CT molecular complexity index is 165. The predicted octanol–water partition coefficient (Wildman–Crippen LogP) is 2.41. The average molecular weight is 178 g/mol. The van der Waals surface area contributed by atoms with E-state index in [9.17, 15) is 0 Å². The van der Waals surface area contributed by atoms with E-state index in [1.807, 2.05) is 0 Å². The number of aryl methyl sites for hydroxylation is 3. The molecule has 58 valence electrons. The van der Waals surface area contributed by atoms with Gasteiger partial charge in [0.2, 0.25) is 0 Å². The molecule has 0 aliphatic rings. The summed E-state index contributed by atoms with van der Waals surface area (Å²) in [7, 11) is 0. The van der Waals surface area contributed by atoms with Crippen molar-refractivity contribution in [3.05, 3.63) is 34.9 Å². The van der Waals surface area contributed by atoms with E-state index in [4.69, 9.17) is 0 Å². The number of hydrogen-bond donors (Lipinski definition) is 0. The molecule has 0 amide bonds. The first-order valence-corrected chi connectivity index (χ1v) is 3.15. The first-order valence-electron chi connectivity index (χ1n) is 3.15. The van der Waals surface area contributed by atoms with E-state index >= 15 is 0 Å². The Kier molecular flexibility index (Phi) is 3.67. The van der Waals surface area contributed by atoms with Gasteiger partial charge in [-0.3, -0.25) is 0 Å². The molecule has 1 heteroatoms. The summed E-state index contributed by atoms with van der Waals surface area (Å²) in [5.41, 5.74) is 3.78. The van der Waals surface area contributed by atoms with Crippen LogP contribution in [0.5, 0.6) is 0 Å². The van der Waals surface area contributed by atoms with Crippen LogP contribution in [0.15, 0.2) is 12.1 Å². The van der Waals surface area contributed by atoms with Crippen LogP contribution in [0, 0.1) is 26.8 Å². The van der Waals surface area contributed by atoms with Crippen molar-refractivity contribution in [2.24, 2.45) is 0 Å². The summed E-state index contributed by atoms with van der Waals surface area (Å²) >= 11 is 0. The Labute approximate surface area is 72.6 Å². The SMILES string of the molecule is Cc1[c-]c(C)cc(C)c1.[Ni]. The van der Waals surface area contributed by atoms with Gasteiger partial charge in [-0.1, -0.05) is 20.8 Å². The molecule has 0 spiro atoms. The van der Waals surface area contributed by atoms with E-state index in [0.29, 0.717) is 0 Å². The predicted molar refractivity (Wildman–Crippen MR) is 39.5 cm³/mol. The van der Waals surface area contributed by atoms with E-state index in [2.05, 4.69) is 39.0 Å². The van der Waals surface area contributed by atoms with Crippen molar-refractivity contribution >= 4 is 0 Å². The molecule has 1 aromatic rings. The molecule has 1 rings (SSSR count). The summed E-state index contributed by atoms with van der Waals surface area (Å²) in [5, 5.41) is 0. The van der Waals surface area contributed by atoms with E-state index in [1.54, 1.807) is 0 Å². The van der Waals surface area contributed by atoms with E-state index < -0.39 is 0 Å². The van der Waals surface area contributed by atoms with Crippen LogP contribution in [0.4, 0.5) is 0 Å². The molecule has 0 unspecified atom stereocenters. The van der Waals surface area contributed by atoms with E-state index in [1.165, 1.54) is 16.7 Å². The molecule has 0 aliphatic carbocycles. The maximum absolute atomic E-state index is 3.21. The van der Waals surface area contributed by atoms with Crippen LogP contribution >= 0.6 is 0 Å². The Morgan fingerprint density at radius 1 is 1.00 bits per heavy atom. The quantitative estimate of drug-likeness (QED) is 0.422. The molecule has 0 saturated carbocycles. The number of hydrogen-bond acceptors (Lipinski definition) is 0. The Balaban J connectivity index is 0.000000810. The molecule has 0 saturated heterocycles. The van der Waals surface area contributed by atoms with Gasteiger partial charge in [-0.2, -0.15) is 34.9 Å². The van der Waals surface area contributed by atoms with Crippen molar-refractivity contribution in [3.63, 3.8) is 0 Å². The largest absolute Gasteiger partial charge is 0.177 e. The molecule has 10 heavy (non-hydrogen) atoms. The summed E-state index contributed by atoms with van der Waals surface area (Å²) in [6, 6.07) is 7.47. The van der Waals surface area contributed by atoms with Gasteiger partial charge in [-0.25, -0.2) is 0 Å². The van der Waals surface area contributed by atoms with Gasteiger partial charge in [-0.05, 0) is 0 Å². The first-order chi connectivity index (χ1) is 4.18. The molecule has 0 aromatic heterocycles. The van der Waals surface area contributed by atoms with Crippen LogP contribution in [0.1, 0.15) is 16.7 Å². The van der Waals surface area contributed by atoms with Crippen molar-refractivity contribution in [1.29, 1.82) is 0 Å². The van der Waals surface area contributed by atoms with Crippen molar-refractivity contribution < 1.29 is 16.5 Å². The molecule has 0 aliphatic heterocycles. The van der Waals surface area contributed by atoms with Gasteiger partial charge in [0.05, 0.1) is 0 Å². The zero-order chi connectivity index (χ0) is 6.85. The minimum absolute atomic E-state index is 0. The third kappa shape index (κ3) is 2.53. The van der Waals surface area contributed by atoms with Gasteiger partial charge >= 0.3 is 0 Å². The molecular weight excluding hydrogens is 167 g/mol. The standard InChI is InChI=1S/C9H11.Ni/c1-7-4-8(2)6-9(3)5-7;/h4-5H,1-3H3;/q-1;. The minimum atomic E-state index is 0. The van der Waals surface area contributed by atoms with Gasteiger partial charge in [0, 0.05) is 16.5 Å². The van der Waals surface area contributed by atoms with Crippen LogP contribution in [0.3, 0.4) is 0 Å². The number of benzene rings is 1. The Morgan fingerprint density at radius 3 is 1.70 bits per heavy atom. The van der Waals surface area contributed by atoms with Gasteiger partial charge in [0.1, 0.15) is 0 Å². The fourth-order valence-electron chi connectivity index (χ4n) is 1.11. The fourth-order valence-corrected chi connectivity index (χ4v) is 1.11. The van der Waals surface area contributed by atoms with Crippen LogP contribution in [-0.4, -0.2) is 0 Å². The third-order valence-corrected chi connectivity index (χ3v) is 1.28. The normalized spacial score (nSPS) is 8.70. The smallest absolute Gasteiger partial charge is 0 e. The second kappa shape index (κ2) is 3.78. The van der Waals surface area contributed by atoms with Gasteiger partial charge < -0.3 is 0 Å². The van der Waals surface area contributed by atoms with Crippen LogP contribution in [0.25, 0.3) is 0 Å². The van der Waals surface area contributed by atoms with Crippen LogP contribution in [0.2, 0.25) is 0 Å². The molecule has 0 bridgehead atoms. The van der Waals surface area contributed by atoms with Crippen molar-refractivity contribution in [2.45, 2.75) is 20.8 Å². The molecule has 0 heterocycles. The summed E-state index contributed by atoms with van der Waals surface area (Å²) in [5.74, 6) is 0. The van der Waals surface area contributed by atoms with Gasteiger partial charge in [0.25, 0.3) is 0 Å². The summed E-state index contributed by atoms with van der Waals surface area (Å²) < 4.78 is 0. The summed E-state index contributed by atoms with van der Waals surface area (Å²) in [4.78, 5) is 0. The topological polar surface area (TPSA) is 0 Å². The molecule has 0 nitrogen and oxygen atoms in total. The minimum Gasteiger partial charge on any atom is -0.177 e. The maximum atomic E-state index is 3.21. The Hall–Kier alpha value is -0.286. The van der Waals surface area contributed by atoms with E-state index in [0.717, 1.165) is 0 Å². The number of rotatable bonds is 0.